The molecule has 40 heavy (non-hydrogen) atoms. The Hall–Kier alpha value is -4.12. The summed E-state index contributed by atoms with van der Waals surface area (Å²) in [6.07, 6.45) is 15.3. The van der Waals surface area contributed by atoms with Crippen molar-refractivity contribution in [1.29, 1.82) is 0 Å². The van der Waals surface area contributed by atoms with Crippen molar-refractivity contribution in [3.05, 3.63) is 65.9 Å². The molecule has 2 fully saturated rings. The van der Waals surface area contributed by atoms with E-state index in [1.807, 2.05) is 24.0 Å². The Morgan fingerprint density at radius 3 is 2.62 bits per heavy atom. The lowest BCUT2D eigenvalue weighted by Gasteiger charge is -2.37. The van der Waals surface area contributed by atoms with E-state index in [-0.39, 0.29) is 11.9 Å². The van der Waals surface area contributed by atoms with Crippen LogP contribution in [-0.4, -0.2) is 58.1 Å². The largest absolute Gasteiger partial charge is 0.344 e. The maximum Gasteiger partial charge on any atom is 0.273 e. The molecule has 1 atom stereocenters. The monoisotopic (exact) mass is 538 g/mol. The molecule has 1 aliphatic heterocycles. The molecule has 0 spiro atoms. The number of nitrogens with one attached hydrogen (secondary N) is 2. The van der Waals surface area contributed by atoms with Crippen LogP contribution in [0.4, 0.5) is 11.6 Å². The van der Waals surface area contributed by atoms with Gasteiger partial charge in [-0.05, 0) is 61.8 Å². The molecular formula is C29H34N10O. The van der Waals surface area contributed by atoms with Gasteiger partial charge in [-0.1, -0.05) is 23.8 Å². The van der Waals surface area contributed by atoms with Crippen LogP contribution in [0.25, 0.3) is 11.3 Å². The van der Waals surface area contributed by atoms with Gasteiger partial charge in [-0.25, -0.2) is 14.6 Å². The van der Waals surface area contributed by atoms with Gasteiger partial charge in [0, 0.05) is 44.1 Å². The molecule has 0 bridgehead atoms. The Labute approximate surface area is 233 Å². The van der Waals surface area contributed by atoms with Gasteiger partial charge in [0.05, 0.1) is 35.9 Å². The molecule has 7 rings (SSSR count). The number of hydrogen-bond acceptors (Lipinski definition) is 8. The molecule has 4 aromatic rings. The molecule has 1 unspecified atom stereocenters. The second-order valence-corrected chi connectivity index (χ2v) is 11.2. The highest BCUT2D eigenvalue weighted by Crippen LogP contribution is 2.35. The molecule has 0 saturated heterocycles. The topological polar surface area (TPSA) is 119 Å². The van der Waals surface area contributed by atoms with E-state index in [2.05, 4.69) is 54.1 Å². The molecule has 2 aliphatic carbocycles. The normalized spacial score (nSPS) is 19.8. The van der Waals surface area contributed by atoms with Crippen LogP contribution in [0.1, 0.15) is 78.6 Å². The zero-order chi connectivity index (χ0) is 27.1. The van der Waals surface area contributed by atoms with E-state index >= 15 is 0 Å². The van der Waals surface area contributed by atoms with Crippen LogP contribution in [0.3, 0.4) is 0 Å². The third-order valence-corrected chi connectivity index (χ3v) is 8.60. The van der Waals surface area contributed by atoms with Crippen LogP contribution in [-0.2, 0) is 13.6 Å². The molecule has 3 aromatic heterocycles. The van der Waals surface area contributed by atoms with Gasteiger partial charge < -0.3 is 10.6 Å². The number of carbonyl (C=O) groups excluding carboxylic acids is 1. The first-order valence-corrected chi connectivity index (χ1v) is 14.3. The highest BCUT2D eigenvalue weighted by molar-refractivity contribution is 5.92. The van der Waals surface area contributed by atoms with Crippen LogP contribution in [0.2, 0.25) is 0 Å². The third kappa shape index (κ3) is 4.97. The maximum atomic E-state index is 13.3. The smallest absolute Gasteiger partial charge is 0.273 e. The summed E-state index contributed by atoms with van der Waals surface area (Å²) in [6.45, 7) is 1.81. The summed E-state index contributed by atoms with van der Waals surface area (Å²) in [5.41, 5.74) is 5.48. The van der Waals surface area contributed by atoms with Gasteiger partial charge in [-0.3, -0.25) is 14.4 Å². The van der Waals surface area contributed by atoms with Crippen LogP contribution >= 0.6 is 0 Å². The number of benzene rings is 1. The van der Waals surface area contributed by atoms with E-state index in [1.54, 1.807) is 23.3 Å². The minimum Gasteiger partial charge on any atom is -0.344 e. The molecule has 11 heteroatoms. The number of carbonyl (C=O) groups is 1. The molecule has 3 aliphatic rings. The zero-order valence-electron chi connectivity index (χ0n) is 22.7. The summed E-state index contributed by atoms with van der Waals surface area (Å²) in [7, 11) is 1.87. The summed E-state index contributed by atoms with van der Waals surface area (Å²) in [6, 6.07) is 9.31. The molecule has 1 aromatic carbocycles. The Morgan fingerprint density at radius 1 is 1.02 bits per heavy atom. The number of hydrogen-bond donors (Lipinski definition) is 2. The lowest BCUT2D eigenvalue weighted by atomic mass is 9.91. The lowest BCUT2D eigenvalue weighted by molar-refractivity contribution is 0.0917. The average molecular weight is 539 g/mol. The van der Waals surface area contributed by atoms with Crippen LogP contribution in [0.5, 0.6) is 0 Å². The number of nitrogens with zero attached hydrogens (tertiary/aromatic N) is 8. The van der Waals surface area contributed by atoms with Gasteiger partial charge in [-0.15, -0.1) is 5.10 Å². The predicted octanol–water partition coefficient (Wildman–Crippen LogP) is 4.17. The van der Waals surface area contributed by atoms with Crippen LogP contribution in [0.15, 0.2) is 49.1 Å². The summed E-state index contributed by atoms with van der Waals surface area (Å²) in [4.78, 5) is 25.0. The number of aryl methyl sites for hydroxylation is 1. The third-order valence-electron chi connectivity index (χ3n) is 8.60. The van der Waals surface area contributed by atoms with Gasteiger partial charge in [0.25, 0.3) is 5.91 Å². The fourth-order valence-electron chi connectivity index (χ4n) is 5.84. The minimum atomic E-state index is -0.162. The van der Waals surface area contributed by atoms with E-state index in [9.17, 15) is 4.79 Å². The fourth-order valence-corrected chi connectivity index (χ4v) is 5.84. The zero-order valence-corrected chi connectivity index (χ0v) is 22.7. The highest BCUT2D eigenvalue weighted by Gasteiger charge is 2.31. The van der Waals surface area contributed by atoms with Crippen LogP contribution in [0, 0.1) is 0 Å². The van der Waals surface area contributed by atoms with Crippen molar-refractivity contribution in [3.8, 4) is 11.3 Å². The van der Waals surface area contributed by atoms with Crippen molar-refractivity contribution in [2.75, 3.05) is 11.9 Å². The molecule has 1 amide bonds. The summed E-state index contributed by atoms with van der Waals surface area (Å²) in [5, 5.41) is 19.1. The number of rotatable bonds is 7. The summed E-state index contributed by atoms with van der Waals surface area (Å²) in [5.74, 6) is 0.362. The first kappa shape index (κ1) is 24.9. The van der Waals surface area contributed by atoms with Gasteiger partial charge in [0.2, 0.25) is 5.95 Å². The molecule has 206 valence electrons. The summed E-state index contributed by atoms with van der Waals surface area (Å²) >= 11 is 0. The Morgan fingerprint density at radius 2 is 1.88 bits per heavy atom. The lowest BCUT2D eigenvalue weighted by Crippen LogP contribution is -2.40. The average Bonchev–Trinajstić information content (AvgIpc) is 3.49. The highest BCUT2D eigenvalue weighted by atomic mass is 16.2. The van der Waals surface area contributed by atoms with Gasteiger partial charge >= 0.3 is 0 Å². The minimum absolute atomic E-state index is 0.0938. The van der Waals surface area contributed by atoms with Crippen molar-refractivity contribution in [3.63, 3.8) is 0 Å². The molecule has 2 saturated carbocycles. The number of amides is 1. The fraction of sp³-hybridized carbons (Fsp3) is 0.448. The van der Waals surface area contributed by atoms with E-state index < -0.39 is 0 Å². The van der Waals surface area contributed by atoms with Crippen molar-refractivity contribution >= 4 is 17.5 Å². The van der Waals surface area contributed by atoms with E-state index in [0.717, 1.165) is 54.9 Å². The predicted molar refractivity (Wildman–Crippen MR) is 150 cm³/mol. The molecule has 4 heterocycles. The van der Waals surface area contributed by atoms with Gasteiger partial charge in [0.15, 0.2) is 5.69 Å². The van der Waals surface area contributed by atoms with E-state index in [1.165, 1.54) is 31.2 Å². The van der Waals surface area contributed by atoms with E-state index in [4.69, 9.17) is 4.98 Å². The number of aromatic nitrogens is 7. The first-order chi connectivity index (χ1) is 19.6. The van der Waals surface area contributed by atoms with Crippen molar-refractivity contribution in [2.24, 2.45) is 7.05 Å². The van der Waals surface area contributed by atoms with Crippen molar-refractivity contribution in [2.45, 2.75) is 69.6 Å². The number of fused-ring (bicyclic) bond motifs is 1. The standard InChI is InChI=1S/C29H34N10O/c1-37-17-21(15-31-37)32-29-30-12-10-25(34-29)19-8-9-24-20(14-19)16-38(22-4-2-5-22)13-11-26(24)33-28(40)27-18-39(36-35-27)23-6-3-7-23/h8-10,12,14-15,17-18,22-23,26H,2-7,11,13,16H2,1H3,(H,33,40)(H,30,32,34). The molecule has 2 N–H and O–H groups in total. The molecule has 0 radical (unpaired) electrons. The second-order valence-electron chi connectivity index (χ2n) is 11.2. The second kappa shape index (κ2) is 10.5. The van der Waals surface area contributed by atoms with Gasteiger partial charge in [-0.2, -0.15) is 5.10 Å². The number of anilines is 2. The Bertz CT molecular complexity index is 1520. The Balaban J connectivity index is 1.15. The molecule has 11 nitrogen and oxygen atoms in total. The maximum absolute atomic E-state index is 13.3. The van der Waals surface area contributed by atoms with Gasteiger partial charge in [0.1, 0.15) is 0 Å². The van der Waals surface area contributed by atoms with Crippen LogP contribution < -0.4 is 10.6 Å². The van der Waals surface area contributed by atoms with Crippen molar-refractivity contribution in [1.82, 2.24) is 45.0 Å². The molecular weight excluding hydrogens is 504 g/mol. The quantitative estimate of drug-likeness (QED) is 0.360. The SMILES string of the molecule is Cn1cc(Nc2nccc(-c3ccc4c(c3)CN(C3CCC3)CCC4NC(=O)c3cn(C4CCC4)nn3)n2)cn1. The first-order valence-electron chi connectivity index (χ1n) is 14.3. The Kier molecular flexibility index (Phi) is 6.51. The summed E-state index contributed by atoms with van der Waals surface area (Å²) < 4.78 is 3.58. The van der Waals surface area contributed by atoms with Crippen molar-refractivity contribution < 1.29 is 4.79 Å². The van der Waals surface area contributed by atoms with E-state index in [0.29, 0.717) is 23.7 Å².